The minimum Gasteiger partial charge on any atom is -0.388 e. The smallest absolute Gasteiger partial charge is 0.0817 e. The van der Waals surface area contributed by atoms with Gasteiger partial charge in [-0.15, -0.1) is 0 Å². The fourth-order valence-electron chi connectivity index (χ4n) is 3.21. The molecule has 1 N–H and O–H groups in total. The third-order valence-electron chi connectivity index (χ3n) is 4.00. The largest absolute Gasteiger partial charge is 0.388 e. The maximum absolute atomic E-state index is 10.3. The summed E-state index contributed by atoms with van der Waals surface area (Å²) in [4.78, 5) is 2.44. The van der Waals surface area contributed by atoms with Crippen LogP contribution in [0.4, 0.5) is 0 Å². The van der Waals surface area contributed by atoms with Gasteiger partial charge in [0.25, 0.3) is 0 Å². The lowest BCUT2D eigenvalue weighted by molar-refractivity contribution is 0.103. The van der Waals surface area contributed by atoms with Crippen LogP contribution >= 0.6 is 23.2 Å². The molecule has 0 aliphatic carbocycles. The van der Waals surface area contributed by atoms with E-state index >= 15 is 0 Å². The van der Waals surface area contributed by atoms with Crippen LogP contribution in [-0.4, -0.2) is 29.6 Å². The molecule has 1 saturated heterocycles. The molecule has 1 fully saturated rings. The van der Waals surface area contributed by atoms with Crippen molar-refractivity contribution in [3.8, 4) is 0 Å². The molecule has 1 aromatic rings. The molecule has 2 rings (SSSR count). The number of benzene rings is 1. The van der Waals surface area contributed by atoms with Gasteiger partial charge in [-0.3, -0.25) is 0 Å². The van der Waals surface area contributed by atoms with Crippen LogP contribution in [0.25, 0.3) is 0 Å². The maximum Gasteiger partial charge on any atom is 0.0817 e. The monoisotopic (exact) mass is 315 g/mol. The molecule has 112 valence electrons. The van der Waals surface area contributed by atoms with Crippen molar-refractivity contribution in [2.24, 2.45) is 11.8 Å². The third kappa shape index (κ3) is 4.11. The van der Waals surface area contributed by atoms with E-state index in [0.717, 1.165) is 37.0 Å². The minimum absolute atomic E-state index is 0.474. The van der Waals surface area contributed by atoms with Crippen molar-refractivity contribution in [1.29, 1.82) is 0 Å². The molecule has 0 saturated carbocycles. The van der Waals surface area contributed by atoms with Gasteiger partial charge in [0.2, 0.25) is 0 Å². The average Bonchev–Trinajstić information content (AvgIpc) is 2.38. The fourth-order valence-corrected chi connectivity index (χ4v) is 3.65. The predicted octanol–water partition coefficient (Wildman–Crippen LogP) is 4.39. The minimum atomic E-state index is -0.547. The van der Waals surface area contributed by atoms with Crippen LogP contribution in [0.5, 0.6) is 0 Å². The Morgan fingerprint density at radius 2 is 1.90 bits per heavy atom. The van der Waals surface area contributed by atoms with E-state index in [2.05, 4.69) is 18.7 Å². The first-order valence-electron chi connectivity index (χ1n) is 7.31. The zero-order valence-corrected chi connectivity index (χ0v) is 13.7. The van der Waals surface area contributed by atoms with Gasteiger partial charge in [0.1, 0.15) is 0 Å². The van der Waals surface area contributed by atoms with E-state index in [1.807, 2.05) is 12.1 Å². The Hall–Kier alpha value is -0.280. The molecular weight excluding hydrogens is 293 g/mol. The Morgan fingerprint density at radius 3 is 2.55 bits per heavy atom. The molecule has 1 heterocycles. The lowest BCUT2D eigenvalue weighted by atomic mass is 9.91. The summed E-state index contributed by atoms with van der Waals surface area (Å²) < 4.78 is 0. The Kier molecular flexibility index (Phi) is 5.74. The summed E-state index contributed by atoms with van der Waals surface area (Å²) in [7, 11) is 0. The summed E-state index contributed by atoms with van der Waals surface area (Å²) in [5, 5.41) is 11.3. The van der Waals surface area contributed by atoms with E-state index in [1.54, 1.807) is 6.07 Å². The van der Waals surface area contributed by atoms with E-state index in [-0.39, 0.29) is 0 Å². The van der Waals surface area contributed by atoms with Gasteiger partial charge in [-0.05, 0) is 30.7 Å². The van der Waals surface area contributed by atoms with Gasteiger partial charge in [0.15, 0.2) is 0 Å². The lowest BCUT2D eigenvalue weighted by Gasteiger charge is -2.35. The van der Waals surface area contributed by atoms with Gasteiger partial charge in [0, 0.05) is 25.2 Å². The molecule has 4 heteroatoms. The molecule has 1 aliphatic heterocycles. The van der Waals surface area contributed by atoms with Crippen molar-refractivity contribution in [3.05, 3.63) is 33.8 Å². The number of halogens is 2. The number of likely N-dealkylation sites (tertiary alicyclic amines) is 1. The quantitative estimate of drug-likeness (QED) is 0.890. The number of hydrogen-bond acceptors (Lipinski definition) is 2. The van der Waals surface area contributed by atoms with Gasteiger partial charge in [-0.1, -0.05) is 49.2 Å². The second kappa shape index (κ2) is 7.13. The molecule has 1 aliphatic rings. The van der Waals surface area contributed by atoms with E-state index in [0.29, 0.717) is 16.5 Å². The van der Waals surface area contributed by atoms with Crippen molar-refractivity contribution in [3.63, 3.8) is 0 Å². The highest BCUT2D eigenvalue weighted by atomic mass is 35.5. The van der Waals surface area contributed by atoms with Crippen molar-refractivity contribution in [2.75, 3.05) is 19.6 Å². The molecule has 0 amide bonds. The summed E-state index contributed by atoms with van der Waals surface area (Å²) in [6, 6.07) is 5.42. The first-order chi connectivity index (χ1) is 9.47. The highest BCUT2D eigenvalue weighted by Gasteiger charge is 2.22. The van der Waals surface area contributed by atoms with Gasteiger partial charge >= 0.3 is 0 Å². The van der Waals surface area contributed by atoms with Crippen molar-refractivity contribution in [1.82, 2.24) is 4.90 Å². The zero-order chi connectivity index (χ0) is 14.7. The summed E-state index contributed by atoms with van der Waals surface area (Å²) in [6.07, 6.45) is 1.45. The topological polar surface area (TPSA) is 23.5 Å². The van der Waals surface area contributed by atoms with E-state index in [4.69, 9.17) is 23.2 Å². The molecular formula is C16H23Cl2NO. The van der Waals surface area contributed by atoms with Gasteiger partial charge in [0.05, 0.1) is 16.1 Å². The second-order valence-electron chi connectivity index (χ2n) is 6.15. The highest BCUT2D eigenvalue weighted by molar-refractivity contribution is 6.42. The molecule has 0 spiro atoms. The summed E-state index contributed by atoms with van der Waals surface area (Å²) in [5.41, 5.74) is 0.734. The molecule has 2 nitrogen and oxygen atoms in total. The Balaban J connectivity index is 1.91. The molecule has 0 radical (unpaired) electrons. The number of aliphatic hydroxyl groups is 1. The van der Waals surface area contributed by atoms with Crippen LogP contribution in [0.1, 0.15) is 38.4 Å². The summed E-state index contributed by atoms with van der Waals surface area (Å²) in [5.74, 6) is 1.48. The maximum atomic E-state index is 10.3. The van der Waals surface area contributed by atoms with Crippen molar-refractivity contribution >= 4 is 23.2 Å². The van der Waals surface area contributed by atoms with Gasteiger partial charge in [-0.2, -0.15) is 0 Å². The Morgan fingerprint density at radius 1 is 1.25 bits per heavy atom. The van der Waals surface area contributed by atoms with E-state index in [9.17, 15) is 5.11 Å². The molecule has 20 heavy (non-hydrogen) atoms. The third-order valence-corrected chi connectivity index (χ3v) is 4.84. The van der Waals surface area contributed by atoms with Crippen LogP contribution in [0.15, 0.2) is 18.2 Å². The number of aliphatic hydroxyl groups excluding tert-OH is 1. The lowest BCUT2D eigenvalue weighted by Crippen LogP contribution is -2.39. The molecule has 3 atom stereocenters. The zero-order valence-electron chi connectivity index (χ0n) is 12.1. The summed E-state index contributed by atoms with van der Waals surface area (Å²) >= 11 is 12.1. The molecule has 0 aromatic heterocycles. The van der Waals surface area contributed by atoms with E-state index < -0.39 is 6.10 Å². The fraction of sp³-hybridized carbons (Fsp3) is 0.625. The van der Waals surface area contributed by atoms with Crippen LogP contribution in [0.2, 0.25) is 10.0 Å². The molecule has 0 bridgehead atoms. The number of piperidine rings is 1. The second-order valence-corrected chi connectivity index (χ2v) is 6.94. The SMILES string of the molecule is CC1CC(C)CN(CCC(O)c2cccc(Cl)c2Cl)C1. The van der Waals surface area contributed by atoms with Crippen LogP contribution in [0, 0.1) is 11.8 Å². The first-order valence-corrected chi connectivity index (χ1v) is 8.07. The standard InChI is InChI=1S/C16H23Cl2NO/c1-11-8-12(2)10-19(9-11)7-6-15(20)13-4-3-5-14(17)16(13)18/h3-5,11-12,15,20H,6-10H2,1-2H3. The van der Waals surface area contributed by atoms with Crippen LogP contribution in [0.3, 0.4) is 0 Å². The number of nitrogens with zero attached hydrogens (tertiary/aromatic N) is 1. The van der Waals surface area contributed by atoms with E-state index in [1.165, 1.54) is 6.42 Å². The van der Waals surface area contributed by atoms with Crippen molar-refractivity contribution in [2.45, 2.75) is 32.8 Å². The molecule has 1 aromatic carbocycles. The molecule has 3 unspecified atom stereocenters. The summed E-state index contributed by atoms with van der Waals surface area (Å²) in [6.45, 7) is 7.75. The Bertz CT molecular complexity index is 442. The number of hydrogen-bond donors (Lipinski definition) is 1. The number of rotatable bonds is 4. The van der Waals surface area contributed by atoms with Crippen LogP contribution < -0.4 is 0 Å². The van der Waals surface area contributed by atoms with Gasteiger partial charge < -0.3 is 10.0 Å². The Labute approximate surface area is 131 Å². The van der Waals surface area contributed by atoms with Gasteiger partial charge in [-0.25, -0.2) is 0 Å². The normalized spacial score (nSPS) is 25.6. The predicted molar refractivity (Wildman–Crippen MR) is 85.4 cm³/mol. The van der Waals surface area contributed by atoms with Crippen LogP contribution in [-0.2, 0) is 0 Å². The first kappa shape index (κ1) is 16.1. The highest BCUT2D eigenvalue weighted by Crippen LogP contribution is 2.31. The van der Waals surface area contributed by atoms with Crippen molar-refractivity contribution < 1.29 is 5.11 Å². The average molecular weight is 316 g/mol.